The number of carbonyl (C=O) groups is 1. The van der Waals surface area contributed by atoms with E-state index in [0.717, 1.165) is 24.7 Å². The highest BCUT2D eigenvalue weighted by Crippen LogP contribution is 2.31. The van der Waals surface area contributed by atoms with Crippen LogP contribution in [0.4, 0.5) is 0 Å². The Morgan fingerprint density at radius 3 is 2.30 bits per heavy atom. The molecule has 0 unspecified atom stereocenters. The number of rotatable bonds is 8. The second kappa shape index (κ2) is 7.80. The van der Waals surface area contributed by atoms with Gasteiger partial charge in [0.1, 0.15) is 6.29 Å². The van der Waals surface area contributed by atoms with Crippen molar-refractivity contribution >= 4 is 26.0 Å². The van der Waals surface area contributed by atoms with E-state index in [0.29, 0.717) is 12.3 Å². The van der Waals surface area contributed by atoms with Gasteiger partial charge in [-0.1, -0.05) is 61.7 Å². The monoisotopic (exact) mass is 308 g/mol. The number of halogens is 1. The number of hydrogen-bond donors (Lipinski definition) is 0. The molecule has 0 saturated carbocycles. The Bertz CT molecular complexity index is 436. The summed E-state index contributed by atoms with van der Waals surface area (Å²) in [5, 5.41) is 0. The minimum Gasteiger partial charge on any atom is -0.302 e. The average molecular weight is 309 g/mol. The molecule has 3 heteroatoms. The summed E-state index contributed by atoms with van der Waals surface area (Å²) in [6, 6.07) is 10.0. The maximum atomic E-state index is 11.7. The Morgan fingerprint density at radius 2 is 1.80 bits per heavy atom. The number of hydrogen-bond acceptors (Lipinski definition) is 1. The first-order chi connectivity index (χ1) is 9.43. The molecular weight excluding hydrogens is 284 g/mol. The molecule has 0 fully saturated rings. The van der Waals surface area contributed by atoms with E-state index in [2.05, 4.69) is 31.4 Å². The molecule has 0 aliphatic heterocycles. The van der Waals surface area contributed by atoms with Gasteiger partial charge in [-0.15, -0.1) is 11.6 Å². The normalized spacial score (nSPS) is 15.2. The molecular formula is C17H25ClOSi. The zero-order valence-corrected chi connectivity index (χ0v) is 14.5. The van der Waals surface area contributed by atoms with Gasteiger partial charge in [-0.25, -0.2) is 0 Å². The van der Waals surface area contributed by atoms with Gasteiger partial charge in [-0.2, -0.15) is 0 Å². The molecule has 1 rings (SSSR count). The van der Waals surface area contributed by atoms with Crippen LogP contribution in [0.2, 0.25) is 19.6 Å². The number of carbonyl (C=O) groups excluding carboxylic acids is 1. The predicted octanol–water partition coefficient (Wildman–Crippen LogP) is 4.97. The van der Waals surface area contributed by atoms with Crippen molar-refractivity contribution < 1.29 is 4.79 Å². The lowest BCUT2D eigenvalue weighted by molar-refractivity contribution is -0.113. The van der Waals surface area contributed by atoms with E-state index in [1.165, 1.54) is 0 Å². The van der Waals surface area contributed by atoms with Crippen molar-refractivity contribution in [3.63, 3.8) is 0 Å². The van der Waals surface area contributed by atoms with Crippen LogP contribution in [0.5, 0.6) is 0 Å². The summed E-state index contributed by atoms with van der Waals surface area (Å²) < 4.78 is 0. The summed E-state index contributed by atoms with van der Waals surface area (Å²) in [7, 11) is -1.16. The van der Waals surface area contributed by atoms with Crippen LogP contribution in [0.1, 0.15) is 24.8 Å². The van der Waals surface area contributed by atoms with Crippen molar-refractivity contribution in [2.24, 2.45) is 0 Å². The van der Waals surface area contributed by atoms with E-state index in [4.69, 9.17) is 11.6 Å². The van der Waals surface area contributed by atoms with Crippen molar-refractivity contribution in [3.05, 3.63) is 47.7 Å². The summed E-state index contributed by atoms with van der Waals surface area (Å²) in [5.41, 5.74) is 2.98. The number of aldehydes is 1. The van der Waals surface area contributed by atoms with Crippen molar-refractivity contribution in [2.75, 3.05) is 5.88 Å². The van der Waals surface area contributed by atoms with E-state index in [9.17, 15) is 4.79 Å². The Hall–Kier alpha value is -0.863. The van der Waals surface area contributed by atoms with E-state index in [1.807, 2.05) is 30.3 Å². The number of allylic oxidation sites excluding steroid dienone is 1. The molecule has 1 nitrogen and oxygen atoms in total. The quantitative estimate of drug-likeness (QED) is 0.376. The summed E-state index contributed by atoms with van der Waals surface area (Å²) in [5.74, 6) is 0.505. The second-order valence-electron chi connectivity index (χ2n) is 6.39. The molecule has 1 aromatic carbocycles. The molecule has 1 aromatic rings. The average Bonchev–Trinajstić information content (AvgIpc) is 2.42. The van der Waals surface area contributed by atoms with Crippen LogP contribution in [0.15, 0.2) is 42.1 Å². The fraction of sp³-hybridized carbons (Fsp3) is 0.471. The van der Waals surface area contributed by atoms with Gasteiger partial charge in [0, 0.05) is 5.88 Å². The third kappa shape index (κ3) is 5.26. The van der Waals surface area contributed by atoms with Crippen LogP contribution in [0.25, 0.3) is 0 Å². The summed E-state index contributed by atoms with van der Waals surface area (Å²) >= 11 is 5.93. The zero-order chi connectivity index (χ0) is 15.1. The van der Waals surface area contributed by atoms with Crippen LogP contribution >= 0.6 is 11.6 Å². The van der Waals surface area contributed by atoms with Gasteiger partial charge in [0.15, 0.2) is 0 Å². The second-order valence-corrected chi connectivity index (χ2v) is 11.8. The molecule has 0 heterocycles. The highest BCUT2D eigenvalue weighted by atomic mass is 35.5. The molecule has 0 amide bonds. The minimum atomic E-state index is -1.16. The molecule has 20 heavy (non-hydrogen) atoms. The van der Waals surface area contributed by atoms with E-state index < -0.39 is 13.5 Å². The third-order valence-corrected chi connectivity index (χ3v) is 4.91. The maximum Gasteiger partial charge on any atom is 0.130 e. The van der Waals surface area contributed by atoms with Crippen molar-refractivity contribution in [2.45, 2.75) is 44.3 Å². The van der Waals surface area contributed by atoms with Crippen LogP contribution in [0, 0.1) is 0 Å². The lowest BCUT2D eigenvalue weighted by Crippen LogP contribution is -2.28. The topological polar surface area (TPSA) is 17.1 Å². The molecule has 0 saturated heterocycles. The van der Waals surface area contributed by atoms with Crippen LogP contribution in [0.3, 0.4) is 0 Å². The largest absolute Gasteiger partial charge is 0.302 e. The van der Waals surface area contributed by atoms with Gasteiger partial charge in [-0.3, -0.25) is 0 Å². The van der Waals surface area contributed by atoms with Crippen LogP contribution in [-0.4, -0.2) is 20.2 Å². The SMILES string of the molecule is C[Si](C)(C)/C=C/CC[C@](C=O)(CCCl)c1ccccc1. The third-order valence-electron chi connectivity index (χ3n) is 3.49. The summed E-state index contributed by atoms with van der Waals surface area (Å²) in [4.78, 5) is 11.7. The first-order valence-corrected chi connectivity index (χ1v) is 11.3. The van der Waals surface area contributed by atoms with Gasteiger partial charge < -0.3 is 4.79 Å². The molecule has 1 atom stereocenters. The van der Waals surface area contributed by atoms with E-state index >= 15 is 0 Å². The Morgan fingerprint density at radius 1 is 1.15 bits per heavy atom. The fourth-order valence-electron chi connectivity index (χ4n) is 2.32. The Kier molecular flexibility index (Phi) is 6.70. The van der Waals surface area contributed by atoms with E-state index in [1.54, 1.807) is 0 Å². The van der Waals surface area contributed by atoms with Gasteiger partial charge in [0.05, 0.1) is 13.5 Å². The molecule has 0 radical (unpaired) electrons. The lowest BCUT2D eigenvalue weighted by Gasteiger charge is -2.27. The van der Waals surface area contributed by atoms with Crippen LogP contribution in [-0.2, 0) is 10.2 Å². The number of alkyl halides is 1. The Balaban J connectivity index is 2.85. The molecule has 0 bridgehead atoms. The predicted molar refractivity (Wildman–Crippen MR) is 91.2 cm³/mol. The summed E-state index contributed by atoms with van der Waals surface area (Å²) in [6.45, 7) is 6.94. The van der Waals surface area contributed by atoms with Gasteiger partial charge >= 0.3 is 0 Å². The minimum absolute atomic E-state index is 0.438. The molecule has 0 aromatic heterocycles. The summed E-state index contributed by atoms with van der Waals surface area (Å²) in [6.07, 6.45) is 5.78. The standard InChI is InChI=1S/C17H25ClOSi/c1-20(2,3)14-8-7-11-17(15-19,12-13-18)16-9-5-4-6-10-16/h4-6,8-10,14-15H,7,11-13H2,1-3H3/b14-8+/t17-/m1/s1. The highest BCUT2D eigenvalue weighted by Gasteiger charge is 2.30. The van der Waals surface area contributed by atoms with Crippen LogP contribution < -0.4 is 0 Å². The Labute approximate surface area is 129 Å². The van der Waals surface area contributed by atoms with Crippen molar-refractivity contribution in [1.29, 1.82) is 0 Å². The zero-order valence-electron chi connectivity index (χ0n) is 12.7. The molecule has 110 valence electrons. The van der Waals surface area contributed by atoms with Crippen molar-refractivity contribution in [1.82, 2.24) is 0 Å². The highest BCUT2D eigenvalue weighted by molar-refractivity contribution is 6.80. The van der Waals surface area contributed by atoms with Gasteiger partial charge in [0.2, 0.25) is 0 Å². The first-order valence-electron chi connectivity index (χ1n) is 7.19. The van der Waals surface area contributed by atoms with Gasteiger partial charge in [0.25, 0.3) is 0 Å². The van der Waals surface area contributed by atoms with Crippen molar-refractivity contribution in [3.8, 4) is 0 Å². The smallest absolute Gasteiger partial charge is 0.130 e. The lowest BCUT2D eigenvalue weighted by atomic mass is 9.76. The number of benzene rings is 1. The maximum absolute atomic E-state index is 11.7. The molecule has 0 N–H and O–H groups in total. The first kappa shape index (κ1) is 17.2. The molecule has 0 spiro atoms. The fourth-order valence-corrected chi connectivity index (χ4v) is 3.53. The molecule has 0 aliphatic carbocycles. The van der Waals surface area contributed by atoms with Gasteiger partial charge in [-0.05, 0) is 24.8 Å². The van der Waals surface area contributed by atoms with E-state index in [-0.39, 0.29) is 0 Å². The molecule has 0 aliphatic rings.